The standard InChI is InChI=1S/C25H22N2O4/c1-17-20(26-22(28)15-12-18-8-4-2-5-9-18)13-14-21-23(17)24(29)31-25(27-21)30-16-19-10-6-3-7-11-19/h2-11,13-14H,12,15-16H2,1H3,(H,26,28). The van der Waals surface area contributed by atoms with Crippen LogP contribution >= 0.6 is 0 Å². The van der Waals surface area contributed by atoms with Crippen molar-refractivity contribution in [2.45, 2.75) is 26.4 Å². The van der Waals surface area contributed by atoms with Crippen molar-refractivity contribution < 1.29 is 13.9 Å². The third-order valence-corrected chi connectivity index (χ3v) is 5.00. The molecule has 0 saturated carbocycles. The summed E-state index contributed by atoms with van der Waals surface area (Å²) in [4.78, 5) is 29.3. The second kappa shape index (κ2) is 9.26. The zero-order valence-electron chi connectivity index (χ0n) is 17.1. The first-order chi connectivity index (χ1) is 15.1. The number of fused-ring (bicyclic) bond motifs is 1. The summed E-state index contributed by atoms with van der Waals surface area (Å²) in [5, 5.41) is 3.21. The molecule has 1 aromatic heterocycles. The number of aromatic nitrogens is 1. The smallest absolute Gasteiger partial charge is 0.397 e. The first kappa shape index (κ1) is 20.3. The summed E-state index contributed by atoms with van der Waals surface area (Å²) in [6.45, 7) is 2.01. The Morgan fingerprint density at radius 2 is 1.65 bits per heavy atom. The Balaban J connectivity index is 1.48. The highest BCUT2D eigenvalue weighted by atomic mass is 16.6. The fraction of sp³-hybridized carbons (Fsp3) is 0.160. The van der Waals surface area contributed by atoms with Crippen LogP contribution in [0.3, 0.4) is 0 Å². The summed E-state index contributed by atoms with van der Waals surface area (Å²) in [5.74, 6) is -0.119. The molecule has 0 aliphatic heterocycles. The molecule has 3 aromatic carbocycles. The van der Waals surface area contributed by atoms with E-state index in [1.165, 1.54) is 0 Å². The number of aryl methyl sites for hydroxylation is 2. The molecule has 1 amide bonds. The summed E-state index contributed by atoms with van der Waals surface area (Å²) in [6, 6.07) is 22.8. The molecule has 0 saturated heterocycles. The highest BCUT2D eigenvalue weighted by Crippen LogP contribution is 2.24. The van der Waals surface area contributed by atoms with Crippen molar-refractivity contribution in [2.75, 3.05) is 5.32 Å². The zero-order valence-corrected chi connectivity index (χ0v) is 17.1. The number of carbonyl (C=O) groups is 1. The van der Waals surface area contributed by atoms with Crippen molar-refractivity contribution in [3.63, 3.8) is 0 Å². The van der Waals surface area contributed by atoms with E-state index in [4.69, 9.17) is 9.15 Å². The van der Waals surface area contributed by atoms with Crippen molar-refractivity contribution in [2.24, 2.45) is 0 Å². The minimum absolute atomic E-state index is 0.0830. The highest BCUT2D eigenvalue weighted by Gasteiger charge is 2.14. The SMILES string of the molecule is Cc1c(NC(=O)CCc2ccccc2)ccc2nc(OCc3ccccc3)oc(=O)c12. The Morgan fingerprint density at radius 1 is 0.968 bits per heavy atom. The van der Waals surface area contributed by atoms with E-state index < -0.39 is 5.63 Å². The minimum Gasteiger partial charge on any atom is -0.445 e. The predicted octanol–water partition coefficient (Wildman–Crippen LogP) is 4.65. The summed E-state index contributed by atoms with van der Waals surface area (Å²) in [5.41, 5.74) is 3.13. The number of carbonyl (C=O) groups excluding carboxylic acids is 1. The molecule has 0 fully saturated rings. The first-order valence-corrected chi connectivity index (χ1v) is 10.0. The fourth-order valence-electron chi connectivity index (χ4n) is 3.33. The number of benzene rings is 3. The molecule has 156 valence electrons. The average Bonchev–Trinajstić information content (AvgIpc) is 2.79. The molecule has 4 rings (SSSR count). The van der Waals surface area contributed by atoms with E-state index >= 15 is 0 Å². The number of nitrogens with zero attached hydrogens (tertiary/aromatic N) is 1. The van der Waals surface area contributed by atoms with Crippen molar-refractivity contribution in [1.82, 2.24) is 4.98 Å². The second-order valence-corrected chi connectivity index (χ2v) is 7.21. The molecule has 0 aliphatic carbocycles. The monoisotopic (exact) mass is 414 g/mol. The van der Waals surface area contributed by atoms with Crippen LogP contribution in [0.2, 0.25) is 0 Å². The van der Waals surface area contributed by atoms with Gasteiger partial charge in [0.1, 0.15) is 6.61 Å². The largest absolute Gasteiger partial charge is 0.445 e. The Labute approximate surface area is 179 Å². The maximum absolute atomic E-state index is 12.6. The third-order valence-electron chi connectivity index (χ3n) is 5.00. The molecule has 6 heteroatoms. The molecule has 31 heavy (non-hydrogen) atoms. The van der Waals surface area contributed by atoms with Gasteiger partial charge in [-0.25, -0.2) is 4.79 Å². The number of hydrogen-bond acceptors (Lipinski definition) is 5. The van der Waals surface area contributed by atoms with Gasteiger partial charge in [0, 0.05) is 12.1 Å². The van der Waals surface area contributed by atoms with E-state index in [-0.39, 0.29) is 18.6 Å². The van der Waals surface area contributed by atoms with E-state index in [0.29, 0.717) is 35.0 Å². The first-order valence-electron chi connectivity index (χ1n) is 10.0. The second-order valence-electron chi connectivity index (χ2n) is 7.21. The normalized spacial score (nSPS) is 10.7. The van der Waals surface area contributed by atoms with Crippen LogP contribution in [0.15, 0.2) is 82.0 Å². The number of rotatable bonds is 7. The van der Waals surface area contributed by atoms with E-state index in [2.05, 4.69) is 10.3 Å². The van der Waals surface area contributed by atoms with E-state index in [1.807, 2.05) is 60.7 Å². The minimum atomic E-state index is -0.550. The molecular weight excluding hydrogens is 392 g/mol. The molecule has 0 aliphatic rings. The van der Waals surface area contributed by atoms with Crippen LogP contribution in [0.5, 0.6) is 6.08 Å². The van der Waals surface area contributed by atoms with Gasteiger partial charge in [-0.15, -0.1) is 0 Å². The van der Waals surface area contributed by atoms with E-state index in [0.717, 1.165) is 11.1 Å². The van der Waals surface area contributed by atoms with Crippen molar-refractivity contribution in [1.29, 1.82) is 0 Å². The lowest BCUT2D eigenvalue weighted by Crippen LogP contribution is -2.14. The van der Waals surface area contributed by atoms with Crippen LogP contribution in [0.1, 0.15) is 23.1 Å². The van der Waals surface area contributed by atoms with Crippen LogP contribution in [0.4, 0.5) is 5.69 Å². The molecule has 0 unspecified atom stereocenters. The van der Waals surface area contributed by atoms with Crippen molar-refractivity contribution in [3.8, 4) is 6.08 Å². The number of hydrogen-bond donors (Lipinski definition) is 1. The van der Waals surface area contributed by atoms with Crippen LogP contribution in [0.25, 0.3) is 10.9 Å². The summed E-state index contributed by atoms with van der Waals surface area (Å²) in [6.07, 6.45) is 0.909. The average molecular weight is 414 g/mol. The maximum atomic E-state index is 12.6. The number of anilines is 1. The Hall–Kier alpha value is -3.93. The van der Waals surface area contributed by atoms with Gasteiger partial charge in [-0.2, -0.15) is 4.98 Å². The summed E-state index contributed by atoms with van der Waals surface area (Å²) in [7, 11) is 0. The lowest BCUT2D eigenvalue weighted by Gasteiger charge is -2.11. The lowest BCUT2D eigenvalue weighted by atomic mass is 10.1. The maximum Gasteiger partial charge on any atom is 0.397 e. The summed E-state index contributed by atoms with van der Waals surface area (Å²) < 4.78 is 10.8. The van der Waals surface area contributed by atoms with Gasteiger partial charge in [0.2, 0.25) is 5.91 Å². The molecule has 1 heterocycles. The molecule has 0 atom stereocenters. The number of nitrogens with one attached hydrogen (secondary N) is 1. The van der Waals surface area contributed by atoms with Gasteiger partial charge in [-0.05, 0) is 42.2 Å². The van der Waals surface area contributed by atoms with Crippen LogP contribution in [0, 0.1) is 6.92 Å². The number of ether oxygens (including phenoxy) is 1. The quantitative estimate of drug-likeness (QED) is 0.476. The fourth-order valence-corrected chi connectivity index (χ4v) is 3.33. The number of amides is 1. The van der Waals surface area contributed by atoms with Gasteiger partial charge in [-0.3, -0.25) is 4.79 Å². The van der Waals surface area contributed by atoms with Gasteiger partial charge < -0.3 is 14.5 Å². The molecule has 1 N–H and O–H groups in total. The van der Waals surface area contributed by atoms with E-state index in [1.54, 1.807) is 19.1 Å². The van der Waals surface area contributed by atoms with Crippen molar-refractivity contribution in [3.05, 3.63) is 99.9 Å². The molecule has 0 spiro atoms. The van der Waals surface area contributed by atoms with Crippen molar-refractivity contribution >= 4 is 22.5 Å². The molecule has 4 aromatic rings. The lowest BCUT2D eigenvalue weighted by molar-refractivity contribution is -0.116. The van der Waals surface area contributed by atoms with Crippen LogP contribution < -0.4 is 15.7 Å². The van der Waals surface area contributed by atoms with E-state index in [9.17, 15) is 9.59 Å². The zero-order chi connectivity index (χ0) is 21.6. The molecule has 0 radical (unpaired) electrons. The van der Waals surface area contributed by atoms with Gasteiger partial charge in [0.15, 0.2) is 0 Å². The van der Waals surface area contributed by atoms with Gasteiger partial charge >= 0.3 is 11.7 Å². The van der Waals surface area contributed by atoms with Gasteiger partial charge in [-0.1, -0.05) is 60.7 Å². The Morgan fingerprint density at radius 3 is 2.35 bits per heavy atom. The Kier molecular flexibility index (Phi) is 6.08. The topological polar surface area (TPSA) is 81.4 Å². The van der Waals surface area contributed by atoms with Gasteiger partial charge in [0.25, 0.3) is 0 Å². The molecule has 6 nitrogen and oxygen atoms in total. The molecular formula is C25H22N2O4. The summed E-state index contributed by atoms with van der Waals surface area (Å²) >= 11 is 0. The van der Waals surface area contributed by atoms with Gasteiger partial charge in [0.05, 0.1) is 10.9 Å². The van der Waals surface area contributed by atoms with Crippen LogP contribution in [-0.2, 0) is 17.8 Å². The third kappa shape index (κ3) is 4.98. The highest BCUT2D eigenvalue weighted by molar-refractivity contribution is 5.95. The Bertz CT molecular complexity index is 1250. The molecule has 0 bridgehead atoms. The van der Waals surface area contributed by atoms with Crippen LogP contribution in [-0.4, -0.2) is 10.9 Å². The predicted molar refractivity (Wildman–Crippen MR) is 119 cm³/mol.